The van der Waals surface area contributed by atoms with Crippen LogP contribution >= 0.6 is 0 Å². The molecule has 1 fully saturated rings. The molecule has 23 nitrogen and oxygen atoms in total. The number of aliphatic hydroxyl groups excluding tert-OH is 3. The summed E-state index contributed by atoms with van der Waals surface area (Å²) in [4.78, 5) is 116. The van der Waals surface area contributed by atoms with E-state index in [1.54, 1.807) is 54.7 Å². The zero-order valence-corrected chi connectivity index (χ0v) is 40.1. The van der Waals surface area contributed by atoms with Crippen molar-refractivity contribution in [3.05, 3.63) is 71.9 Å². The first-order valence-electron chi connectivity index (χ1n) is 24.2. The van der Waals surface area contributed by atoms with Gasteiger partial charge in [0.2, 0.25) is 47.3 Å². The highest BCUT2D eigenvalue weighted by atomic mass is 16.3. The monoisotopic (exact) mass is 993 g/mol. The molecule has 4 rings (SSSR count). The van der Waals surface area contributed by atoms with Crippen molar-refractivity contribution in [3.8, 4) is 0 Å². The van der Waals surface area contributed by atoms with E-state index in [1.807, 2.05) is 6.07 Å². The van der Waals surface area contributed by atoms with Crippen LogP contribution in [0.5, 0.6) is 0 Å². The quantitative estimate of drug-likeness (QED) is 0.0521. The fourth-order valence-corrected chi connectivity index (χ4v) is 8.02. The molecule has 0 radical (unpaired) electrons. The standard InChI is InChI=1S/C48H72N12O11/c1-28(63)40-48(71)55-34(18-8-11-21-50)42(65)58-38(26-61)46(69)54-33(17-7-10-20-49)41(64)59-39(27-62)47(70)57-37(24-30-25-52-32-16-6-5-15-31(30)32)45(68)56-36(23-29-13-3-2-4-14-29)44(67)53-35(43(66)60-40)19-9-12-22-51/h2-6,13-16,25,28,33-40,52,61-63H,7-12,17-24,26-27,49-51H2,1H3,(H,53,67)(H,54,69)(H,55,71)(H,56,68)(H,57,70)(H,58,65)(H,59,64)(H,60,66)/t28-,33+,34+,35+,36+,37+,38+,39+,40+/m1/s1. The van der Waals surface area contributed by atoms with Gasteiger partial charge in [-0.3, -0.25) is 38.4 Å². The highest BCUT2D eigenvalue weighted by Crippen LogP contribution is 2.20. The number of fused-ring (bicyclic) bond motifs is 1. The summed E-state index contributed by atoms with van der Waals surface area (Å²) in [7, 11) is 0. The second-order valence-electron chi connectivity index (χ2n) is 17.6. The Morgan fingerprint density at radius 2 is 0.845 bits per heavy atom. The number of aromatic amines is 1. The van der Waals surface area contributed by atoms with Gasteiger partial charge in [-0.1, -0.05) is 48.5 Å². The fraction of sp³-hybridized carbons (Fsp3) is 0.542. The molecule has 0 unspecified atom stereocenters. The molecule has 0 saturated carbocycles. The van der Waals surface area contributed by atoms with Crippen molar-refractivity contribution in [1.82, 2.24) is 47.5 Å². The lowest BCUT2D eigenvalue weighted by atomic mass is 10.0. The maximum absolute atomic E-state index is 14.6. The first kappa shape index (κ1) is 57.1. The van der Waals surface area contributed by atoms with Gasteiger partial charge in [-0.05, 0) is 102 Å². The number of H-pyrrole nitrogens is 1. The topological polar surface area (TPSA) is 387 Å². The molecule has 18 N–H and O–H groups in total. The number of aromatic nitrogens is 1. The van der Waals surface area contributed by atoms with Gasteiger partial charge in [-0.15, -0.1) is 0 Å². The van der Waals surface area contributed by atoms with Gasteiger partial charge < -0.3 is 80.0 Å². The molecule has 1 saturated heterocycles. The van der Waals surface area contributed by atoms with Crippen molar-refractivity contribution in [2.24, 2.45) is 17.2 Å². The van der Waals surface area contributed by atoms with Gasteiger partial charge in [0.15, 0.2) is 0 Å². The van der Waals surface area contributed by atoms with Crippen LogP contribution in [0.1, 0.15) is 75.8 Å². The smallest absolute Gasteiger partial charge is 0.245 e. The number of carbonyl (C=O) groups is 8. The first-order valence-corrected chi connectivity index (χ1v) is 24.2. The molecule has 1 aromatic heterocycles. The molecule has 1 aliphatic rings. The predicted molar refractivity (Wildman–Crippen MR) is 262 cm³/mol. The number of para-hydroxylation sites is 1. The number of benzene rings is 2. The van der Waals surface area contributed by atoms with E-state index in [0.717, 1.165) is 10.9 Å². The van der Waals surface area contributed by atoms with Crippen LogP contribution in [-0.4, -0.2) is 155 Å². The van der Waals surface area contributed by atoms with E-state index in [1.165, 1.54) is 6.92 Å². The number of rotatable bonds is 19. The Hall–Kier alpha value is -6.50. The Balaban J connectivity index is 1.83. The van der Waals surface area contributed by atoms with E-state index in [0.29, 0.717) is 49.7 Å². The number of amides is 8. The molecule has 3 aromatic rings. The summed E-state index contributed by atoms with van der Waals surface area (Å²) >= 11 is 0. The summed E-state index contributed by atoms with van der Waals surface area (Å²) in [6.07, 6.45) is 2.01. The lowest BCUT2D eigenvalue weighted by Crippen LogP contribution is -2.63. The van der Waals surface area contributed by atoms with Crippen molar-refractivity contribution in [2.45, 2.75) is 132 Å². The van der Waals surface area contributed by atoms with Crippen molar-refractivity contribution in [3.63, 3.8) is 0 Å². The maximum Gasteiger partial charge on any atom is 0.245 e. The lowest BCUT2D eigenvalue weighted by Gasteiger charge is -2.29. The minimum Gasteiger partial charge on any atom is -0.394 e. The zero-order chi connectivity index (χ0) is 51.9. The van der Waals surface area contributed by atoms with Crippen LogP contribution in [0.25, 0.3) is 10.9 Å². The molecule has 0 aliphatic carbocycles. The van der Waals surface area contributed by atoms with Gasteiger partial charge in [0.25, 0.3) is 0 Å². The molecule has 0 spiro atoms. The number of nitrogens with two attached hydrogens (primary N) is 3. The fourth-order valence-electron chi connectivity index (χ4n) is 8.02. The van der Waals surface area contributed by atoms with Gasteiger partial charge in [0.05, 0.1) is 19.3 Å². The normalized spacial score (nSPS) is 24.3. The van der Waals surface area contributed by atoms with Gasteiger partial charge in [-0.25, -0.2) is 0 Å². The van der Waals surface area contributed by atoms with E-state index < -0.39 is 115 Å². The Kier molecular flexibility index (Phi) is 23.8. The third kappa shape index (κ3) is 17.7. The SMILES string of the molecule is C[C@@H](O)[C@@H]1NC(=O)[C@H](CCCCN)NC(=O)[C@H](Cc2ccccc2)NC(=O)[C@H](Cc2c[nH]c3ccccc23)NC(=O)[C@H](CO)NC(=O)[C@H](CCCCN)NC(=O)[C@H](CO)NC(=O)[C@H](CCCCN)NC1=O. The van der Waals surface area contributed by atoms with Crippen LogP contribution < -0.4 is 59.7 Å². The highest BCUT2D eigenvalue weighted by Gasteiger charge is 2.37. The van der Waals surface area contributed by atoms with Crippen LogP contribution in [0.3, 0.4) is 0 Å². The van der Waals surface area contributed by atoms with E-state index in [9.17, 15) is 53.7 Å². The number of hydrogen-bond donors (Lipinski definition) is 15. The molecule has 23 heteroatoms. The van der Waals surface area contributed by atoms with Crippen molar-refractivity contribution in [1.29, 1.82) is 0 Å². The summed E-state index contributed by atoms with van der Waals surface area (Å²) in [6, 6.07) is 3.84. The second-order valence-corrected chi connectivity index (χ2v) is 17.6. The van der Waals surface area contributed by atoms with Crippen LogP contribution in [-0.2, 0) is 51.2 Å². The van der Waals surface area contributed by atoms with E-state index in [2.05, 4.69) is 47.5 Å². The summed E-state index contributed by atoms with van der Waals surface area (Å²) in [5.74, 6) is -7.44. The summed E-state index contributed by atoms with van der Waals surface area (Å²) < 4.78 is 0. The third-order valence-corrected chi connectivity index (χ3v) is 12.1. The molecule has 0 bridgehead atoms. The molecule has 8 amide bonds. The largest absolute Gasteiger partial charge is 0.394 e. The first-order chi connectivity index (χ1) is 34.1. The molecule has 71 heavy (non-hydrogen) atoms. The zero-order valence-electron chi connectivity index (χ0n) is 40.1. The van der Waals surface area contributed by atoms with E-state index in [4.69, 9.17) is 17.2 Å². The molecular weight excluding hydrogens is 921 g/mol. The molecular formula is C48H72N12O11. The minimum absolute atomic E-state index is 0.00501. The summed E-state index contributed by atoms with van der Waals surface area (Å²) in [6.45, 7) is 0.0322. The predicted octanol–water partition coefficient (Wildman–Crippen LogP) is -3.40. The van der Waals surface area contributed by atoms with Crippen LogP contribution in [0, 0.1) is 0 Å². The maximum atomic E-state index is 14.6. The molecule has 1 aliphatic heterocycles. The number of nitrogens with one attached hydrogen (secondary N) is 9. The number of unbranched alkanes of at least 4 members (excludes halogenated alkanes) is 3. The molecule has 9 atom stereocenters. The van der Waals surface area contributed by atoms with Crippen LogP contribution in [0.4, 0.5) is 0 Å². The third-order valence-electron chi connectivity index (χ3n) is 12.1. The Labute approximate surface area is 412 Å². The lowest BCUT2D eigenvalue weighted by molar-refractivity contribution is -0.138. The minimum atomic E-state index is -1.69. The van der Waals surface area contributed by atoms with Crippen molar-refractivity contribution in [2.75, 3.05) is 32.8 Å². The summed E-state index contributed by atoms with van der Waals surface area (Å²) in [5.41, 5.74) is 19.1. The van der Waals surface area contributed by atoms with Gasteiger partial charge in [0.1, 0.15) is 48.3 Å². The Bertz CT molecular complexity index is 2230. The number of hydrogen-bond acceptors (Lipinski definition) is 14. The van der Waals surface area contributed by atoms with Gasteiger partial charge in [0, 0.05) is 29.9 Å². The summed E-state index contributed by atoms with van der Waals surface area (Å²) in [5, 5.41) is 52.9. The van der Waals surface area contributed by atoms with Gasteiger partial charge in [-0.2, -0.15) is 0 Å². The van der Waals surface area contributed by atoms with E-state index in [-0.39, 0.29) is 51.7 Å². The molecule has 2 heterocycles. The number of carbonyl (C=O) groups excluding carboxylic acids is 8. The highest BCUT2D eigenvalue weighted by molar-refractivity contribution is 5.99. The average molecular weight is 993 g/mol. The van der Waals surface area contributed by atoms with Crippen molar-refractivity contribution < 1.29 is 53.7 Å². The van der Waals surface area contributed by atoms with Gasteiger partial charge >= 0.3 is 0 Å². The molecule has 390 valence electrons. The number of aliphatic hydroxyl groups is 3. The Morgan fingerprint density at radius 1 is 0.465 bits per heavy atom. The second kappa shape index (κ2) is 29.6. The molecule has 2 aromatic carbocycles. The average Bonchev–Trinajstić information content (AvgIpc) is 3.77. The van der Waals surface area contributed by atoms with Crippen LogP contribution in [0.2, 0.25) is 0 Å². The van der Waals surface area contributed by atoms with Crippen LogP contribution in [0.15, 0.2) is 60.8 Å². The van der Waals surface area contributed by atoms with E-state index >= 15 is 0 Å². The van der Waals surface area contributed by atoms with Crippen molar-refractivity contribution >= 4 is 58.2 Å². The Morgan fingerprint density at radius 3 is 1.31 bits per heavy atom.